The number of carbonyl (C=O) groups excluding carboxylic acids is 2. The predicted molar refractivity (Wildman–Crippen MR) is 125 cm³/mol. The number of H-pyrrole nitrogens is 1. The fourth-order valence-corrected chi connectivity index (χ4v) is 4.53. The standard InChI is InChI=1S/C25H30N4O3/c1-17(2)16-21(26-23(30)18-8-4-3-5-9-18)24(31)28-14-12-19(13-15-28)29-22-11-7-6-10-20(22)27-25(29)32/h3-11,17,19,21H,12-16H2,1-2H3,(H,26,30)(H,27,32). The van der Waals surface area contributed by atoms with Gasteiger partial charge in [0, 0.05) is 24.7 Å². The fourth-order valence-electron chi connectivity index (χ4n) is 4.53. The number of fused-ring (bicyclic) bond motifs is 1. The molecule has 2 N–H and O–H groups in total. The minimum Gasteiger partial charge on any atom is -0.341 e. The Morgan fingerprint density at radius 2 is 1.69 bits per heavy atom. The molecule has 0 bridgehead atoms. The average molecular weight is 435 g/mol. The Bertz CT molecular complexity index is 1140. The van der Waals surface area contributed by atoms with Crippen LogP contribution in [-0.4, -0.2) is 45.4 Å². The summed E-state index contributed by atoms with van der Waals surface area (Å²) in [5.74, 6) is -0.0140. The van der Waals surface area contributed by atoms with E-state index in [1.54, 1.807) is 12.1 Å². The van der Waals surface area contributed by atoms with Gasteiger partial charge >= 0.3 is 5.69 Å². The van der Waals surface area contributed by atoms with E-state index in [0.717, 1.165) is 11.0 Å². The number of carbonyl (C=O) groups is 2. The van der Waals surface area contributed by atoms with Gasteiger partial charge in [0.05, 0.1) is 11.0 Å². The Hall–Kier alpha value is -3.35. The lowest BCUT2D eigenvalue weighted by Crippen LogP contribution is -2.51. The maximum absolute atomic E-state index is 13.3. The van der Waals surface area contributed by atoms with E-state index < -0.39 is 6.04 Å². The molecular formula is C25H30N4O3. The fraction of sp³-hybridized carbons (Fsp3) is 0.400. The summed E-state index contributed by atoms with van der Waals surface area (Å²) in [5, 5.41) is 2.94. The van der Waals surface area contributed by atoms with Gasteiger partial charge in [0.1, 0.15) is 6.04 Å². The molecule has 0 radical (unpaired) electrons. The number of imidazole rings is 1. The van der Waals surface area contributed by atoms with Crippen LogP contribution in [0, 0.1) is 5.92 Å². The third kappa shape index (κ3) is 4.61. The Labute approximate surface area is 187 Å². The van der Waals surface area contributed by atoms with Crippen LogP contribution >= 0.6 is 0 Å². The van der Waals surface area contributed by atoms with E-state index in [1.807, 2.05) is 65.8 Å². The molecule has 1 aromatic heterocycles. The van der Waals surface area contributed by atoms with Crippen molar-refractivity contribution < 1.29 is 9.59 Å². The highest BCUT2D eigenvalue weighted by Gasteiger charge is 2.31. The second kappa shape index (κ2) is 9.42. The Balaban J connectivity index is 1.44. The minimum absolute atomic E-state index is 0.0464. The molecule has 1 saturated heterocycles. The summed E-state index contributed by atoms with van der Waals surface area (Å²) >= 11 is 0. The zero-order valence-electron chi connectivity index (χ0n) is 18.6. The summed E-state index contributed by atoms with van der Waals surface area (Å²) in [5.41, 5.74) is 2.17. The van der Waals surface area contributed by atoms with Crippen LogP contribution in [0.5, 0.6) is 0 Å². The first-order valence-corrected chi connectivity index (χ1v) is 11.3. The maximum Gasteiger partial charge on any atom is 0.326 e. The van der Waals surface area contributed by atoms with E-state index >= 15 is 0 Å². The van der Waals surface area contributed by atoms with E-state index in [2.05, 4.69) is 10.3 Å². The number of piperidine rings is 1. The highest BCUT2D eigenvalue weighted by Crippen LogP contribution is 2.25. The van der Waals surface area contributed by atoms with Gasteiger partial charge in [-0.1, -0.05) is 44.2 Å². The molecule has 1 atom stereocenters. The molecule has 1 fully saturated rings. The topological polar surface area (TPSA) is 87.2 Å². The van der Waals surface area contributed by atoms with E-state index in [-0.39, 0.29) is 29.5 Å². The summed E-state index contributed by atoms with van der Waals surface area (Å²) in [6, 6.07) is 16.1. The van der Waals surface area contributed by atoms with Crippen molar-refractivity contribution in [2.75, 3.05) is 13.1 Å². The number of hydrogen-bond donors (Lipinski definition) is 2. The molecule has 2 heterocycles. The van der Waals surface area contributed by atoms with Gasteiger partial charge in [0.2, 0.25) is 5.91 Å². The van der Waals surface area contributed by atoms with Crippen molar-refractivity contribution in [3.05, 3.63) is 70.6 Å². The number of aromatic amines is 1. The van der Waals surface area contributed by atoms with Gasteiger partial charge in [0.25, 0.3) is 5.91 Å². The van der Waals surface area contributed by atoms with Crippen molar-refractivity contribution in [3.63, 3.8) is 0 Å². The number of nitrogens with zero attached hydrogens (tertiary/aromatic N) is 2. The van der Waals surface area contributed by atoms with Gasteiger partial charge < -0.3 is 15.2 Å². The first-order valence-electron chi connectivity index (χ1n) is 11.3. The van der Waals surface area contributed by atoms with Crippen LogP contribution in [-0.2, 0) is 4.79 Å². The molecule has 1 unspecified atom stereocenters. The van der Waals surface area contributed by atoms with Crippen molar-refractivity contribution in [3.8, 4) is 0 Å². The van der Waals surface area contributed by atoms with Crippen molar-refractivity contribution in [1.29, 1.82) is 0 Å². The summed E-state index contributed by atoms with van der Waals surface area (Å²) in [4.78, 5) is 43.2. The van der Waals surface area contributed by atoms with E-state index in [4.69, 9.17) is 0 Å². The molecule has 4 rings (SSSR count). The first-order chi connectivity index (χ1) is 15.4. The van der Waals surface area contributed by atoms with Crippen LogP contribution in [0.1, 0.15) is 49.5 Å². The van der Waals surface area contributed by atoms with E-state index in [1.165, 1.54) is 0 Å². The first kappa shape index (κ1) is 21.9. The third-order valence-corrected chi connectivity index (χ3v) is 6.11. The monoisotopic (exact) mass is 434 g/mol. The van der Waals surface area contributed by atoms with Crippen molar-refractivity contribution in [1.82, 2.24) is 19.8 Å². The highest BCUT2D eigenvalue weighted by atomic mass is 16.2. The van der Waals surface area contributed by atoms with Crippen molar-refractivity contribution >= 4 is 22.8 Å². The number of likely N-dealkylation sites (tertiary alicyclic amines) is 1. The third-order valence-electron chi connectivity index (χ3n) is 6.11. The second-order valence-electron chi connectivity index (χ2n) is 8.90. The number of hydrogen-bond acceptors (Lipinski definition) is 3. The molecule has 2 amide bonds. The average Bonchev–Trinajstić information content (AvgIpc) is 3.14. The van der Waals surface area contributed by atoms with Gasteiger partial charge in [-0.15, -0.1) is 0 Å². The van der Waals surface area contributed by atoms with Crippen LogP contribution in [0.3, 0.4) is 0 Å². The number of nitrogens with one attached hydrogen (secondary N) is 2. The second-order valence-corrected chi connectivity index (χ2v) is 8.90. The molecule has 3 aromatic rings. The van der Waals surface area contributed by atoms with Crippen LogP contribution in [0.4, 0.5) is 0 Å². The number of benzene rings is 2. The summed E-state index contributed by atoms with van der Waals surface area (Å²) in [6.07, 6.45) is 1.99. The Kier molecular flexibility index (Phi) is 6.44. The predicted octanol–water partition coefficient (Wildman–Crippen LogP) is 3.34. The quantitative estimate of drug-likeness (QED) is 0.624. The zero-order valence-corrected chi connectivity index (χ0v) is 18.6. The lowest BCUT2D eigenvalue weighted by atomic mass is 9.99. The minimum atomic E-state index is -0.560. The van der Waals surface area contributed by atoms with Crippen LogP contribution in [0.25, 0.3) is 11.0 Å². The van der Waals surface area contributed by atoms with Crippen molar-refractivity contribution in [2.24, 2.45) is 5.92 Å². The van der Waals surface area contributed by atoms with Crippen LogP contribution in [0.15, 0.2) is 59.4 Å². The smallest absolute Gasteiger partial charge is 0.326 e. The van der Waals surface area contributed by atoms with Gasteiger partial charge in [-0.3, -0.25) is 14.2 Å². The Morgan fingerprint density at radius 1 is 1.03 bits per heavy atom. The maximum atomic E-state index is 13.3. The highest BCUT2D eigenvalue weighted by molar-refractivity contribution is 5.97. The molecule has 0 saturated carbocycles. The number of aromatic nitrogens is 2. The molecule has 0 spiro atoms. The number of para-hydroxylation sites is 2. The van der Waals surface area contributed by atoms with Crippen LogP contribution < -0.4 is 11.0 Å². The Morgan fingerprint density at radius 3 is 2.38 bits per heavy atom. The molecule has 2 aromatic carbocycles. The summed E-state index contributed by atoms with van der Waals surface area (Å²) in [6.45, 7) is 5.21. The molecule has 0 aliphatic carbocycles. The summed E-state index contributed by atoms with van der Waals surface area (Å²) < 4.78 is 1.82. The van der Waals surface area contributed by atoms with E-state index in [9.17, 15) is 14.4 Å². The molecule has 7 heteroatoms. The lowest BCUT2D eigenvalue weighted by Gasteiger charge is -2.35. The normalized spacial score (nSPS) is 15.8. The molecule has 1 aliphatic rings. The van der Waals surface area contributed by atoms with Crippen molar-refractivity contribution in [2.45, 2.75) is 45.2 Å². The number of rotatable bonds is 6. The lowest BCUT2D eigenvalue weighted by molar-refractivity contribution is -0.135. The van der Waals surface area contributed by atoms with Gasteiger partial charge in [0.15, 0.2) is 0 Å². The molecular weight excluding hydrogens is 404 g/mol. The SMILES string of the molecule is CC(C)CC(NC(=O)c1ccccc1)C(=O)N1CCC(n2c(=O)[nH]c3ccccc32)CC1. The van der Waals surface area contributed by atoms with Crippen LogP contribution in [0.2, 0.25) is 0 Å². The van der Waals surface area contributed by atoms with Gasteiger partial charge in [-0.05, 0) is 49.4 Å². The summed E-state index contributed by atoms with van der Waals surface area (Å²) in [7, 11) is 0. The molecule has 32 heavy (non-hydrogen) atoms. The number of amides is 2. The van der Waals surface area contributed by atoms with E-state index in [0.29, 0.717) is 37.9 Å². The molecule has 168 valence electrons. The van der Waals surface area contributed by atoms with Gasteiger partial charge in [-0.2, -0.15) is 0 Å². The molecule has 7 nitrogen and oxygen atoms in total. The largest absolute Gasteiger partial charge is 0.341 e. The van der Waals surface area contributed by atoms with Gasteiger partial charge in [-0.25, -0.2) is 4.79 Å². The zero-order chi connectivity index (χ0) is 22.7. The molecule has 1 aliphatic heterocycles.